The zero-order chi connectivity index (χ0) is 21.5. The highest BCUT2D eigenvalue weighted by molar-refractivity contribution is 7.98. The van der Waals surface area contributed by atoms with Crippen LogP contribution in [0, 0.1) is 12.3 Å². The Balaban J connectivity index is 1.62. The summed E-state index contributed by atoms with van der Waals surface area (Å²) in [5.74, 6) is 1.57. The Morgan fingerprint density at radius 1 is 1.27 bits per heavy atom. The molecule has 0 aliphatic heterocycles. The zero-order valence-corrected chi connectivity index (χ0v) is 18.7. The van der Waals surface area contributed by atoms with Crippen LogP contribution in [0.3, 0.4) is 0 Å². The molecule has 0 fully saturated rings. The molecule has 1 aromatic carbocycles. The molecular weight excluding hydrogens is 396 g/mol. The Morgan fingerprint density at radius 2 is 2.03 bits per heavy atom. The topological polar surface area (TPSA) is 90.6 Å². The lowest BCUT2D eigenvalue weighted by atomic mass is 9.75. The summed E-state index contributed by atoms with van der Waals surface area (Å²) in [6.07, 6.45) is 4.09. The highest BCUT2D eigenvalue weighted by Crippen LogP contribution is 2.36. The molecule has 2 aromatic heterocycles. The van der Waals surface area contributed by atoms with Gasteiger partial charge in [0.05, 0.1) is 17.1 Å². The van der Waals surface area contributed by atoms with Crippen LogP contribution in [0.25, 0.3) is 11.0 Å². The molecule has 0 radical (unpaired) electrons. The van der Waals surface area contributed by atoms with Crippen molar-refractivity contribution >= 4 is 34.5 Å². The van der Waals surface area contributed by atoms with Gasteiger partial charge in [-0.05, 0) is 54.9 Å². The average Bonchev–Trinajstić information content (AvgIpc) is 3.25. The normalized spacial score (nSPS) is 16.5. The van der Waals surface area contributed by atoms with E-state index >= 15 is 0 Å². The van der Waals surface area contributed by atoms with E-state index in [0.717, 1.165) is 46.7 Å². The number of carbonyl (C=O) groups excluding carboxylic acids is 2. The number of hydrogen-bond donors (Lipinski definition) is 3. The first kappa shape index (κ1) is 20.7. The van der Waals surface area contributed by atoms with Crippen LogP contribution in [0.2, 0.25) is 0 Å². The minimum atomic E-state index is -0.232. The number of ketones is 1. The average molecular weight is 425 g/mol. The summed E-state index contributed by atoms with van der Waals surface area (Å²) >= 11 is 1.73. The van der Waals surface area contributed by atoms with E-state index in [9.17, 15) is 9.59 Å². The van der Waals surface area contributed by atoms with E-state index in [1.165, 1.54) is 0 Å². The number of Topliss-reactive ketones (excluding diaryl/α,β-unsaturated/α-hetero) is 1. The van der Waals surface area contributed by atoms with Crippen LogP contribution < -0.4 is 5.32 Å². The van der Waals surface area contributed by atoms with Gasteiger partial charge in [-0.25, -0.2) is 4.98 Å². The number of thioether (sulfide) groups is 1. The number of para-hydroxylation sites is 2. The fourth-order valence-corrected chi connectivity index (χ4v) is 4.81. The molecule has 1 atom stereocenters. The maximum absolute atomic E-state index is 13.2. The van der Waals surface area contributed by atoms with Gasteiger partial charge in [0.15, 0.2) is 5.78 Å². The van der Waals surface area contributed by atoms with Gasteiger partial charge in [0.1, 0.15) is 11.5 Å². The third-order valence-electron chi connectivity index (χ3n) is 5.78. The summed E-state index contributed by atoms with van der Waals surface area (Å²) in [6.45, 7) is 6.03. The number of rotatable bonds is 6. The lowest BCUT2D eigenvalue weighted by molar-refractivity contribution is 0.0908. The first-order valence-corrected chi connectivity index (χ1v) is 11.7. The molecular formula is C23H28N4O2S. The van der Waals surface area contributed by atoms with Gasteiger partial charge >= 0.3 is 0 Å². The van der Waals surface area contributed by atoms with Gasteiger partial charge in [0.25, 0.3) is 5.91 Å². The molecule has 1 amide bonds. The van der Waals surface area contributed by atoms with E-state index in [4.69, 9.17) is 0 Å². The van der Waals surface area contributed by atoms with E-state index < -0.39 is 0 Å². The van der Waals surface area contributed by atoms with Gasteiger partial charge in [-0.3, -0.25) is 9.59 Å². The first-order chi connectivity index (χ1) is 14.3. The third kappa shape index (κ3) is 3.90. The largest absolute Gasteiger partial charge is 0.354 e. The van der Waals surface area contributed by atoms with Crippen molar-refractivity contribution in [1.29, 1.82) is 0 Å². The SMILES string of the molecule is CSCC[C@H](NC(=O)c1[nH]c2c(c1C)C(=O)CC(C)(C)C2)c1nc2ccccc2[nH]1. The van der Waals surface area contributed by atoms with Gasteiger partial charge in [-0.1, -0.05) is 26.0 Å². The van der Waals surface area contributed by atoms with Crippen LogP contribution in [-0.4, -0.2) is 38.7 Å². The lowest BCUT2D eigenvalue weighted by Gasteiger charge is -2.28. The number of aromatic amines is 2. The van der Waals surface area contributed by atoms with Crippen LogP contribution in [0.15, 0.2) is 24.3 Å². The van der Waals surface area contributed by atoms with Gasteiger partial charge < -0.3 is 15.3 Å². The second kappa shape index (κ2) is 7.95. The number of hydrogen-bond acceptors (Lipinski definition) is 4. The van der Waals surface area contributed by atoms with E-state index in [1.807, 2.05) is 37.4 Å². The molecule has 0 bridgehead atoms. The van der Waals surface area contributed by atoms with Crippen molar-refractivity contribution in [2.75, 3.05) is 12.0 Å². The minimum absolute atomic E-state index is 0.0930. The molecule has 158 valence electrons. The summed E-state index contributed by atoms with van der Waals surface area (Å²) in [5.41, 5.74) is 4.55. The lowest BCUT2D eigenvalue weighted by Crippen LogP contribution is -2.30. The third-order valence-corrected chi connectivity index (χ3v) is 6.43. The number of amides is 1. The van der Waals surface area contributed by atoms with E-state index in [-0.39, 0.29) is 23.1 Å². The quantitative estimate of drug-likeness (QED) is 0.540. The van der Waals surface area contributed by atoms with Gasteiger partial charge in [-0.15, -0.1) is 0 Å². The standard InChI is InChI=1S/C23H28N4O2S/c1-13-19-17(11-23(2,3)12-18(19)28)24-20(13)22(29)27-16(9-10-30-4)21-25-14-7-5-6-8-15(14)26-21/h5-8,16,24H,9-12H2,1-4H3,(H,25,26)(H,27,29)/t16-/m0/s1. The molecule has 2 heterocycles. The van der Waals surface area contributed by atoms with Crippen molar-refractivity contribution < 1.29 is 9.59 Å². The minimum Gasteiger partial charge on any atom is -0.354 e. The number of imidazole rings is 1. The molecule has 3 N–H and O–H groups in total. The molecule has 7 heteroatoms. The maximum Gasteiger partial charge on any atom is 0.268 e. The molecule has 1 aliphatic rings. The monoisotopic (exact) mass is 424 g/mol. The van der Waals surface area contributed by atoms with Crippen LogP contribution in [0.4, 0.5) is 0 Å². The number of benzene rings is 1. The van der Waals surface area contributed by atoms with E-state index in [2.05, 4.69) is 34.1 Å². The number of aromatic nitrogens is 3. The molecule has 4 rings (SSSR count). The van der Waals surface area contributed by atoms with E-state index in [0.29, 0.717) is 17.7 Å². The summed E-state index contributed by atoms with van der Waals surface area (Å²) in [4.78, 5) is 37.2. The Labute approximate surface area is 180 Å². The summed E-state index contributed by atoms with van der Waals surface area (Å²) < 4.78 is 0. The predicted molar refractivity (Wildman–Crippen MR) is 121 cm³/mol. The van der Waals surface area contributed by atoms with Gasteiger partial charge in [-0.2, -0.15) is 11.8 Å². The zero-order valence-electron chi connectivity index (χ0n) is 17.9. The number of nitrogens with one attached hydrogen (secondary N) is 3. The number of carbonyl (C=O) groups is 2. The fourth-order valence-electron chi connectivity index (χ4n) is 4.34. The Bertz CT molecular complexity index is 1080. The molecule has 0 saturated heterocycles. The highest BCUT2D eigenvalue weighted by Gasteiger charge is 2.35. The van der Waals surface area contributed by atoms with Crippen molar-refractivity contribution in [3.63, 3.8) is 0 Å². The van der Waals surface area contributed by atoms with E-state index in [1.54, 1.807) is 11.8 Å². The van der Waals surface area contributed by atoms with Crippen LogP contribution in [0.1, 0.15) is 70.7 Å². The van der Waals surface area contributed by atoms with Crippen molar-refractivity contribution in [2.45, 2.75) is 46.1 Å². The predicted octanol–water partition coefficient (Wildman–Crippen LogP) is 4.58. The molecule has 0 unspecified atom stereocenters. The summed E-state index contributed by atoms with van der Waals surface area (Å²) in [7, 11) is 0. The Hall–Kier alpha value is -2.54. The van der Waals surface area contributed by atoms with Crippen molar-refractivity contribution in [1.82, 2.24) is 20.3 Å². The van der Waals surface area contributed by atoms with Crippen molar-refractivity contribution in [3.05, 3.63) is 52.6 Å². The molecule has 3 aromatic rings. The van der Waals surface area contributed by atoms with Crippen molar-refractivity contribution in [3.8, 4) is 0 Å². The molecule has 30 heavy (non-hydrogen) atoms. The fraction of sp³-hybridized carbons (Fsp3) is 0.435. The second-order valence-electron chi connectivity index (χ2n) is 8.87. The molecule has 0 spiro atoms. The van der Waals surface area contributed by atoms with Crippen LogP contribution >= 0.6 is 11.8 Å². The Morgan fingerprint density at radius 3 is 2.77 bits per heavy atom. The number of H-pyrrole nitrogens is 2. The highest BCUT2D eigenvalue weighted by atomic mass is 32.2. The van der Waals surface area contributed by atoms with Crippen molar-refractivity contribution in [2.24, 2.45) is 5.41 Å². The second-order valence-corrected chi connectivity index (χ2v) is 9.85. The van der Waals surface area contributed by atoms with Crippen LogP contribution in [-0.2, 0) is 6.42 Å². The Kier molecular flexibility index (Phi) is 5.49. The maximum atomic E-state index is 13.2. The molecule has 1 aliphatic carbocycles. The van der Waals surface area contributed by atoms with Gasteiger partial charge in [0, 0.05) is 17.7 Å². The number of fused-ring (bicyclic) bond motifs is 2. The molecule has 6 nitrogen and oxygen atoms in total. The summed E-state index contributed by atoms with van der Waals surface area (Å²) in [5, 5.41) is 3.14. The summed E-state index contributed by atoms with van der Waals surface area (Å²) in [6, 6.07) is 7.62. The smallest absolute Gasteiger partial charge is 0.268 e. The number of nitrogens with zero attached hydrogens (tertiary/aromatic N) is 1. The van der Waals surface area contributed by atoms with Crippen LogP contribution in [0.5, 0.6) is 0 Å². The van der Waals surface area contributed by atoms with Gasteiger partial charge in [0.2, 0.25) is 0 Å². The molecule has 0 saturated carbocycles. The first-order valence-electron chi connectivity index (χ1n) is 10.3.